The topological polar surface area (TPSA) is 162 Å². The minimum absolute atomic E-state index is 0.0473. The van der Waals surface area contributed by atoms with Gasteiger partial charge < -0.3 is 5.32 Å². The van der Waals surface area contributed by atoms with Crippen molar-refractivity contribution in [1.29, 1.82) is 5.26 Å². The Kier molecular flexibility index (Phi) is 5.10. The Labute approximate surface area is 161 Å². The van der Waals surface area contributed by atoms with Crippen LogP contribution in [0.2, 0.25) is 0 Å². The SMILES string of the molecule is CCSc1n[nH]c(NC(=O)CN2C(=O)c3cccc([N+](=O)[O-])c3C2=O)c1C#N. The summed E-state index contributed by atoms with van der Waals surface area (Å²) in [6.45, 7) is 1.21. The van der Waals surface area contributed by atoms with Gasteiger partial charge in [-0.25, -0.2) is 0 Å². The zero-order valence-electron chi connectivity index (χ0n) is 14.4. The van der Waals surface area contributed by atoms with Crippen molar-refractivity contribution in [2.45, 2.75) is 11.9 Å². The number of fused-ring (bicyclic) bond motifs is 1. The summed E-state index contributed by atoms with van der Waals surface area (Å²) >= 11 is 1.31. The van der Waals surface area contributed by atoms with Crippen LogP contribution in [0.4, 0.5) is 11.5 Å². The number of nitrogens with zero attached hydrogens (tertiary/aromatic N) is 4. The number of aromatic nitrogens is 2. The quantitative estimate of drug-likeness (QED) is 0.319. The van der Waals surface area contributed by atoms with E-state index < -0.39 is 34.9 Å². The van der Waals surface area contributed by atoms with Crippen LogP contribution in [0.15, 0.2) is 23.2 Å². The molecule has 1 aromatic carbocycles. The second-order valence-corrected chi connectivity index (χ2v) is 6.78. The van der Waals surface area contributed by atoms with Crippen LogP contribution < -0.4 is 5.32 Å². The summed E-state index contributed by atoms with van der Waals surface area (Å²) in [6, 6.07) is 5.63. The summed E-state index contributed by atoms with van der Waals surface area (Å²) in [5, 5.41) is 29.6. The highest BCUT2D eigenvalue weighted by atomic mass is 32.2. The molecule has 0 radical (unpaired) electrons. The maximum Gasteiger partial charge on any atom is 0.282 e. The molecule has 0 spiro atoms. The molecule has 1 aliphatic heterocycles. The first kappa shape index (κ1) is 19.1. The fourth-order valence-electron chi connectivity index (χ4n) is 2.69. The fraction of sp³-hybridized carbons (Fsp3) is 0.188. The molecule has 3 amide bonds. The molecule has 0 saturated heterocycles. The maximum absolute atomic E-state index is 12.5. The van der Waals surface area contributed by atoms with Crippen molar-refractivity contribution < 1.29 is 19.3 Å². The summed E-state index contributed by atoms with van der Waals surface area (Å²) in [7, 11) is 0. The lowest BCUT2D eigenvalue weighted by atomic mass is 10.1. The number of rotatable bonds is 6. The third kappa shape index (κ3) is 3.19. The van der Waals surface area contributed by atoms with Gasteiger partial charge in [0.15, 0.2) is 0 Å². The Morgan fingerprint density at radius 2 is 2.18 bits per heavy atom. The molecule has 0 aliphatic carbocycles. The van der Waals surface area contributed by atoms with Gasteiger partial charge in [-0.15, -0.1) is 11.8 Å². The summed E-state index contributed by atoms with van der Waals surface area (Å²) in [6.07, 6.45) is 0. The number of nitrogens with one attached hydrogen (secondary N) is 2. The molecule has 12 heteroatoms. The van der Waals surface area contributed by atoms with E-state index in [1.165, 1.54) is 23.9 Å². The minimum Gasteiger partial charge on any atom is -0.308 e. The number of carbonyl (C=O) groups excluding carboxylic acids is 3. The van der Waals surface area contributed by atoms with Crippen molar-refractivity contribution in [3.63, 3.8) is 0 Å². The van der Waals surface area contributed by atoms with E-state index in [2.05, 4.69) is 15.5 Å². The predicted molar refractivity (Wildman–Crippen MR) is 96.8 cm³/mol. The average molecular weight is 400 g/mol. The van der Waals surface area contributed by atoms with E-state index in [9.17, 15) is 29.8 Å². The number of nitriles is 1. The number of amides is 3. The molecule has 2 heterocycles. The number of benzene rings is 1. The predicted octanol–water partition coefficient (Wildman–Crippen LogP) is 1.54. The highest BCUT2D eigenvalue weighted by Crippen LogP contribution is 2.30. The van der Waals surface area contributed by atoms with Crippen molar-refractivity contribution in [3.8, 4) is 6.07 Å². The maximum atomic E-state index is 12.5. The number of nitro groups is 1. The van der Waals surface area contributed by atoms with E-state index in [-0.39, 0.29) is 22.5 Å². The Bertz CT molecular complexity index is 1060. The summed E-state index contributed by atoms with van der Waals surface area (Å²) in [4.78, 5) is 48.2. The van der Waals surface area contributed by atoms with E-state index in [4.69, 9.17) is 0 Å². The number of anilines is 1. The van der Waals surface area contributed by atoms with Gasteiger partial charge in [0.1, 0.15) is 34.6 Å². The molecule has 3 rings (SSSR count). The molecule has 0 unspecified atom stereocenters. The zero-order chi connectivity index (χ0) is 20.4. The van der Waals surface area contributed by atoms with E-state index in [0.717, 1.165) is 6.07 Å². The first-order chi connectivity index (χ1) is 13.4. The zero-order valence-corrected chi connectivity index (χ0v) is 15.2. The molecular weight excluding hydrogens is 388 g/mol. The fourth-order valence-corrected chi connectivity index (χ4v) is 3.37. The molecule has 2 N–H and O–H groups in total. The molecule has 28 heavy (non-hydrogen) atoms. The second kappa shape index (κ2) is 7.49. The summed E-state index contributed by atoms with van der Waals surface area (Å²) < 4.78 is 0. The largest absolute Gasteiger partial charge is 0.308 e. The molecule has 0 atom stereocenters. The van der Waals surface area contributed by atoms with E-state index >= 15 is 0 Å². The standard InChI is InChI=1S/C16H12N6O5S/c1-2-28-14-9(6-17)13(19-20-14)18-11(23)7-21-15(24)8-4-3-5-10(22(26)27)12(8)16(21)25/h3-5H,2,7H2,1H3,(H2,18,19,20,23). The first-order valence-corrected chi connectivity index (χ1v) is 8.92. The van der Waals surface area contributed by atoms with Gasteiger partial charge in [0.25, 0.3) is 17.5 Å². The Balaban J connectivity index is 1.80. The molecule has 0 saturated carbocycles. The van der Waals surface area contributed by atoms with Gasteiger partial charge in [-0.1, -0.05) is 13.0 Å². The van der Waals surface area contributed by atoms with Crippen LogP contribution in [-0.2, 0) is 4.79 Å². The average Bonchev–Trinajstić information content (AvgIpc) is 3.15. The van der Waals surface area contributed by atoms with Gasteiger partial charge in [-0.2, -0.15) is 10.4 Å². The van der Waals surface area contributed by atoms with Gasteiger partial charge in [0.2, 0.25) is 5.91 Å². The van der Waals surface area contributed by atoms with Crippen molar-refractivity contribution in [1.82, 2.24) is 15.1 Å². The monoisotopic (exact) mass is 400 g/mol. The summed E-state index contributed by atoms with van der Waals surface area (Å²) in [5.41, 5.74) is -0.836. The van der Waals surface area contributed by atoms with Gasteiger partial charge in [-0.3, -0.25) is 34.5 Å². The molecule has 2 aromatic rings. The lowest BCUT2D eigenvalue weighted by Gasteiger charge is -2.13. The number of nitro benzene ring substituents is 1. The smallest absolute Gasteiger partial charge is 0.282 e. The number of aromatic amines is 1. The molecule has 11 nitrogen and oxygen atoms in total. The third-order valence-corrected chi connectivity index (χ3v) is 4.72. The molecule has 1 aliphatic rings. The lowest BCUT2D eigenvalue weighted by Crippen LogP contribution is -2.37. The number of hydrogen-bond acceptors (Lipinski definition) is 8. The van der Waals surface area contributed by atoms with Crippen molar-refractivity contribution in [2.75, 3.05) is 17.6 Å². The molecule has 0 fully saturated rings. The highest BCUT2D eigenvalue weighted by Gasteiger charge is 2.41. The minimum atomic E-state index is -0.921. The van der Waals surface area contributed by atoms with Gasteiger partial charge in [-0.05, 0) is 11.8 Å². The van der Waals surface area contributed by atoms with Crippen LogP contribution in [0.5, 0.6) is 0 Å². The van der Waals surface area contributed by atoms with Crippen LogP contribution in [0.3, 0.4) is 0 Å². The second-order valence-electron chi connectivity index (χ2n) is 5.53. The van der Waals surface area contributed by atoms with Crippen molar-refractivity contribution in [3.05, 3.63) is 45.0 Å². The Hall–Kier alpha value is -3.72. The van der Waals surface area contributed by atoms with Crippen LogP contribution >= 0.6 is 11.8 Å². The number of carbonyl (C=O) groups is 3. The lowest BCUT2D eigenvalue weighted by molar-refractivity contribution is -0.385. The first-order valence-electron chi connectivity index (χ1n) is 7.93. The highest BCUT2D eigenvalue weighted by molar-refractivity contribution is 7.99. The normalized spacial score (nSPS) is 12.6. The Morgan fingerprint density at radius 3 is 2.82 bits per heavy atom. The molecule has 142 valence electrons. The number of imide groups is 1. The van der Waals surface area contributed by atoms with Gasteiger partial charge in [0.05, 0.1) is 10.5 Å². The van der Waals surface area contributed by atoms with E-state index in [1.54, 1.807) is 0 Å². The summed E-state index contributed by atoms with van der Waals surface area (Å²) in [5.74, 6) is -1.77. The van der Waals surface area contributed by atoms with E-state index in [1.807, 2.05) is 13.0 Å². The van der Waals surface area contributed by atoms with Crippen molar-refractivity contribution in [2.24, 2.45) is 0 Å². The van der Waals surface area contributed by atoms with Crippen molar-refractivity contribution >= 4 is 41.0 Å². The number of hydrogen-bond donors (Lipinski definition) is 2. The third-order valence-electron chi connectivity index (χ3n) is 3.87. The molecule has 0 bridgehead atoms. The van der Waals surface area contributed by atoms with Crippen LogP contribution in [0, 0.1) is 21.4 Å². The molecule has 1 aromatic heterocycles. The van der Waals surface area contributed by atoms with Crippen LogP contribution in [0.25, 0.3) is 0 Å². The van der Waals surface area contributed by atoms with Gasteiger partial charge >= 0.3 is 0 Å². The van der Waals surface area contributed by atoms with Gasteiger partial charge in [0, 0.05) is 6.07 Å². The van der Waals surface area contributed by atoms with Crippen LogP contribution in [-0.4, -0.2) is 50.0 Å². The van der Waals surface area contributed by atoms with E-state index in [0.29, 0.717) is 15.7 Å². The number of thioether (sulfide) groups is 1. The molecular formula is C16H12N6O5S. The Morgan fingerprint density at radius 1 is 1.43 bits per heavy atom. The number of H-pyrrole nitrogens is 1. The van der Waals surface area contributed by atoms with Crippen LogP contribution in [0.1, 0.15) is 33.2 Å².